The van der Waals surface area contributed by atoms with E-state index in [4.69, 9.17) is 4.98 Å². The van der Waals surface area contributed by atoms with Crippen LogP contribution in [0.25, 0.3) is 5.57 Å². The van der Waals surface area contributed by atoms with E-state index in [1.807, 2.05) is 6.20 Å². The molecule has 2 fully saturated rings. The summed E-state index contributed by atoms with van der Waals surface area (Å²) in [6.07, 6.45) is 9.03. The summed E-state index contributed by atoms with van der Waals surface area (Å²) in [4.78, 5) is 4.90. The number of pyridine rings is 1. The highest BCUT2D eigenvalue weighted by molar-refractivity contribution is 9.10. The Morgan fingerprint density at radius 2 is 1.69 bits per heavy atom. The van der Waals surface area contributed by atoms with Crippen molar-refractivity contribution in [2.45, 2.75) is 44.4 Å². The fourth-order valence-electron chi connectivity index (χ4n) is 4.42. The minimum Gasteiger partial charge on any atom is -0.316 e. The molecule has 2 aliphatic carbocycles. The zero-order valence-electron chi connectivity index (χ0n) is 14.7. The van der Waals surface area contributed by atoms with Gasteiger partial charge in [-0.15, -0.1) is 0 Å². The number of aryl methyl sites for hydroxylation is 2. The van der Waals surface area contributed by atoms with Crippen LogP contribution in [0.5, 0.6) is 0 Å². The lowest BCUT2D eigenvalue weighted by Gasteiger charge is -2.23. The van der Waals surface area contributed by atoms with Gasteiger partial charge in [-0.3, -0.25) is 4.98 Å². The Morgan fingerprint density at radius 3 is 2.46 bits per heavy atom. The zero-order chi connectivity index (χ0) is 17.7. The van der Waals surface area contributed by atoms with Crippen molar-refractivity contribution in [3.8, 4) is 0 Å². The smallest absolute Gasteiger partial charge is 0.0740 e. The third kappa shape index (κ3) is 3.10. The van der Waals surface area contributed by atoms with E-state index in [1.165, 1.54) is 50.8 Å². The van der Waals surface area contributed by atoms with Crippen LogP contribution in [0.2, 0.25) is 0 Å². The van der Waals surface area contributed by atoms with Gasteiger partial charge in [-0.25, -0.2) is 0 Å². The van der Waals surface area contributed by atoms with Gasteiger partial charge in [0.1, 0.15) is 0 Å². The van der Waals surface area contributed by atoms with Crippen molar-refractivity contribution in [2.75, 3.05) is 13.1 Å². The maximum Gasteiger partial charge on any atom is 0.0740 e. The number of fused-ring (bicyclic) bond motifs is 2. The molecule has 134 valence electrons. The molecule has 26 heavy (non-hydrogen) atoms. The van der Waals surface area contributed by atoms with Gasteiger partial charge in [-0.05, 0) is 102 Å². The van der Waals surface area contributed by atoms with Gasteiger partial charge >= 0.3 is 0 Å². The first-order chi connectivity index (χ1) is 12.7. The SMILES string of the molecule is Brc1cnc2c(c1)CCc1cc(C3CC3)cc(Br)c1C2=C1CCNCC1. The highest BCUT2D eigenvalue weighted by Crippen LogP contribution is 2.46. The lowest BCUT2D eigenvalue weighted by atomic mass is 9.88. The number of halogens is 2. The molecular weight excluding hydrogens is 452 g/mol. The molecule has 4 heteroatoms. The van der Waals surface area contributed by atoms with Crippen LogP contribution in [0.4, 0.5) is 0 Å². The number of benzene rings is 1. The third-order valence-corrected chi connectivity index (χ3v) is 6.95. The molecule has 1 aliphatic heterocycles. The first-order valence-corrected chi connectivity index (χ1v) is 11.2. The first kappa shape index (κ1) is 17.2. The molecule has 1 N–H and O–H groups in total. The molecule has 3 aliphatic rings. The second-order valence-corrected chi connectivity index (χ2v) is 9.47. The number of nitrogens with zero attached hydrogens (tertiary/aromatic N) is 1. The number of aromatic nitrogens is 1. The summed E-state index contributed by atoms with van der Waals surface area (Å²) in [6, 6.07) is 7.13. The van der Waals surface area contributed by atoms with Gasteiger partial charge in [0.2, 0.25) is 0 Å². The van der Waals surface area contributed by atoms with Crippen molar-refractivity contribution in [1.29, 1.82) is 0 Å². The van der Waals surface area contributed by atoms with Crippen LogP contribution in [0.1, 0.15) is 59.5 Å². The first-order valence-electron chi connectivity index (χ1n) is 9.61. The van der Waals surface area contributed by atoms with Gasteiger partial charge in [0.05, 0.1) is 5.69 Å². The summed E-state index contributed by atoms with van der Waals surface area (Å²) in [5, 5.41) is 3.50. The lowest BCUT2D eigenvalue weighted by molar-refractivity contribution is 0.611. The Hall–Kier alpha value is -0.970. The van der Waals surface area contributed by atoms with E-state index in [9.17, 15) is 0 Å². The maximum atomic E-state index is 4.90. The number of hydrogen-bond donors (Lipinski definition) is 1. The molecule has 5 rings (SSSR count). The molecule has 1 saturated heterocycles. The van der Waals surface area contributed by atoms with Crippen molar-refractivity contribution in [3.05, 3.63) is 66.9 Å². The molecule has 1 saturated carbocycles. The van der Waals surface area contributed by atoms with Gasteiger partial charge in [0.15, 0.2) is 0 Å². The Kier molecular flexibility index (Phi) is 4.54. The average Bonchev–Trinajstić information content (AvgIpc) is 3.49. The van der Waals surface area contributed by atoms with Crippen LogP contribution < -0.4 is 5.32 Å². The van der Waals surface area contributed by atoms with E-state index in [2.05, 4.69) is 55.4 Å². The molecule has 2 aromatic rings. The summed E-state index contributed by atoms with van der Waals surface area (Å²) in [7, 11) is 0. The molecule has 1 aromatic carbocycles. The van der Waals surface area contributed by atoms with E-state index in [-0.39, 0.29) is 0 Å². The molecule has 1 aromatic heterocycles. The van der Waals surface area contributed by atoms with E-state index >= 15 is 0 Å². The van der Waals surface area contributed by atoms with Gasteiger partial charge in [0.25, 0.3) is 0 Å². The fraction of sp³-hybridized carbons (Fsp3) is 0.409. The number of hydrogen-bond acceptors (Lipinski definition) is 2. The molecule has 2 nitrogen and oxygen atoms in total. The molecule has 0 amide bonds. The summed E-state index contributed by atoms with van der Waals surface area (Å²) in [5.74, 6) is 0.782. The minimum absolute atomic E-state index is 0.782. The molecule has 0 bridgehead atoms. The second kappa shape index (κ2) is 6.88. The third-order valence-electron chi connectivity index (χ3n) is 5.89. The Labute approximate surface area is 171 Å². The van der Waals surface area contributed by atoms with Crippen LogP contribution in [0.15, 0.2) is 38.9 Å². The summed E-state index contributed by atoms with van der Waals surface area (Å²) < 4.78 is 2.34. The maximum absolute atomic E-state index is 4.90. The largest absolute Gasteiger partial charge is 0.316 e. The Bertz CT molecular complexity index is 905. The number of nitrogens with one attached hydrogen (secondary N) is 1. The predicted octanol–water partition coefficient (Wildman–Crippen LogP) is 5.77. The summed E-state index contributed by atoms with van der Waals surface area (Å²) >= 11 is 7.57. The van der Waals surface area contributed by atoms with E-state index in [0.717, 1.165) is 49.2 Å². The lowest BCUT2D eigenvalue weighted by Crippen LogP contribution is -2.24. The van der Waals surface area contributed by atoms with Crippen LogP contribution in [0.3, 0.4) is 0 Å². The van der Waals surface area contributed by atoms with Gasteiger partial charge < -0.3 is 5.32 Å². The predicted molar refractivity (Wildman–Crippen MR) is 114 cm³/mol. The standard InChI is InChI=1S/C22H22Br2N2/c23-18-10-16-4-3-15-9-17(13-1-2-13)11-19(24)20(15)21(22(16)26-12-18)14-5-7-25-8-6-14/h9-13,25H,1-8H2. The second-order valence-electron chi connectivity index (χ2n) is 7.70. The topological polar surface area (TPSA) is 24.9 Å². The van der Waals surface area contributed by atoms with Gasteiger partial charge in [-0.1, -0.05) is 27.6 Å². The summed E-state index contributed by atoms with van der Waals surface area (Å²) in [5.41, 5.74) is 9.94. The van der Waals surface area contributed by atoms with E-state index in [0.29, 0.717) is 0 Å². The highest BCUT2D eigenvalue weighted by atomic mass is 79.9. The summed E-state index contributed by atoms with van der Waals surface area (Å²) in [6.45, 7) is 2.13. The van der Waals surface area contributed by atoms with E-state index < -0.39 is 0 Å². The van der Waals surface area contributed by atoms with Crippen molar-refractivity contribution in [3.63, 3.8) is 0 Å². The molecular formula is C22H22Br2N2. The van der Waals surface area contributed by atoms with Crippen molar-refractivity contribution >= 4 is 37.4 Å². The molecule has 0 spiro atoms. The van der Waals surface area contributed by atoms with Crippen LogP contribution in [-0.4, -0.2) is 18.1 Å². The number of piperidine rings is 1. The highest BCUT2D eigenvalue weighted by Gasteiger charge is 2.29. The van der Waals surface area contributed by atoms with Crippen LogP contribution in [0, 0.1) is 0 Å². The number of rotatable bonds is 1. The monoisotopic (exact) mass is 472 g/mol. The van der Waals surface area contributed by atoms with E-state index in [1.54, 1.807) is 5.57 Å². The normalized spacial score (nSPS) is 19.8. The fourth-order valence-corrected chi connectivity index (χ4v) is 5.52. The van der Waals surface area contributed by atoms with Crippen molar-refractivity contribution in [1.82, 2.24) is 10.3 Å². The van der Waals surface area contributed by atoms with Crippen LogP contribution >= 0.6 is 31.9 Å². The van der Waals surface area contributed by atoms with Crippen molar-refractivity contribution < 1.29 is 0 Å². The average molecular weight is 474 g/mol. The van der Waals surface area contributed by atoms with Crippen molar-refractivity contribution in [2.24, 2.45) is 0 Å². The molecule has 0 atom stereocenters. The van der Waals surface area contributed by atoms with Gasteiger partial charge in [-0.2, -0.15) is 0 Å². The zero-order valence-corrected chi connectivity index (χ0v) is 17.9. The Balaban J connectivity index is 1.76. The van der Waals surface area contributed by atoms with Gasteiger partial charge in [0, 0.05) is 26.3 Å². The Morgan fingerprint density at radius 1 is 0.923 bits per heavy atom. The molecule has 0 unspecified atom stereocenters. The van der Waals surface area contributed by atoms with Crippen LogP contribution in [-0.2, 0) is 12.8 Å². The molecule has 2 heterocycles. The minimum atomic E-state index is 0.782. The quantitative estimate of drug-likeness (QED) is 0.568. The molecule has 0 radical (unpaired) electrons.